The minimum absolute atomic E-state index is 0.247. The number of hydrogen-bond donors (Lipinski definition) is 0. The van der Waals surface area contributed by atoms with Gasteiger partial charge in [0.05, 0.1) is 35.8 Å². The molecule has 0 fully saturated rings. The number of esters is 1. The summed E-state index contributed by atoms with van der Waals surface area (Å²) in [4.78, 5) is 16.6. The average molecular weight is 353 g/mol. The van der Waals surface area contributed by atoms with Gasteiger partial charge in [0, 0.05) is 17.3 Å². The minimum atomic E-state index is -0.385. The van der Waals surface area contributed by atoms with E-state index in [1.165, 1.54) is 18.8 Å². The summed E-state index contributed by atoms with van der Waals surface area (Å²) in [6, 6.07) is 9.52. The van der Waals surface area contributed by atoms with Crippen molar-refractivity contribution in [1.82, 2.24) is 13.7 Å². The zero-order valence-electron chi connectivity index (χ0n) is 14.6. The van der Waals surface area contributed by atoms with Crippen molar-refractivity contribution in [3.8, 4) is 22.5 Å². The predicted molar refractivity (Wildman–Crippen MR) is 98.7 cm³/mol. The van der Waals surface area contributed by atoms with Gasteiger partial charge in [-0.1, -0.05) is 19.9 Å². The van der Waals surface area contributed by atoms with E-state index in [4.69, 9.17) is 4.74 Å². The van der Waals surface area contributed by atoms with E-state index in [0.29, 0.717) is 5.56 Å². The van der Waals surface area contributed by atoms with Gasteiger partial charge < -0.3 is 4.74 Å². The van der Waals surface area contributed by atoms with Gasteiger partial charge in [0.15, 0.2) is 0 Å². The van der Waals surface area contributed by atoms with Gasteiger partial charge in [-0.3, -0.25) is 4.98 Å². The first kappa shape index (κ1) is 17.2. The third-order valence-corrected chi connectivity index (χ3v) is 4.44. The summed E-state index contributed by atoms with van der Waals surface area (Å²) in [5.74, 6) is -0.138. The number of rotatable bonds is 4. The van der Waals surface area contributed by atoms with Crippen LogP contribution in [0.1, 0.15) is 41.4 Å². The molecule has 0 spiro atoms. The van der Waals surface area contributed by atoms with Crippen LogP contribution in [0.15, 0.2) is 36.5 Å². The molecule has 25 heavy (non-hydrogen) atoms. The highest BCUT2D eigenvalue weighted by molar-refractivity contribution is 6.99. The van der Waals surface area contributed by atoms with Crippen LogP contribution >= 0.6 is 11.7 Å². The molecule has 6 heteroatoms. The molecule has 0 bridgehead atoms. The van der Waals surface area contributed by atoms with Gasteiger partial charge in [-0.15, -0.1) is 0 Å². The molecule has 0 aliphatic carbocycles. The lowest BCUT2D eigenvalue weighted by Crippen LogP contribution is -2.03. The van der Waals surface area contributed by atoms with Gasteiger partial charge in [0.2, 0.25) is 0 Å². The highest BCUT2D eigenvalue weighted by Crippen LogP contribution is 2.31. The summed E-state index contributed by atoms with van der Waals surface area (Å²) < 4.78 is 13.7. The van der Waals surface area contributed by atoms with E-state index in [1.807, 2.05) is 31.3 Å². The van der Waals surface area contributed by atoms with Gasteiger partial charge in [-0.05, 0) is 42.7 Å². The third kappa shape index (κ3) is 3.58. The summed E-state index contributed by atoms with van der Waals surface area (Å²) in [5, 5.41) is 0. The topological polar surface area (TPSA) is 65.0 Å². The predicted octanol–water partition coefficient (Wildman–Crippen LogP) is 4.49. The van der Waals surface area contributed by atoms with Crippen molar-refractivity contribution in [3.05, 3.63) is 53.3 Å². The van der Waals surface area contributed by atoms with Crippen LogP contribution in [0.4, 0.5) is 0 Å². The number of ether oxygens (including phenoxy) is 1. The van der Waals surface area contributed by atoms with Crippen LogP contribution in [0, 0.1) is 6.92 Å². The molecular formula is C19H19N3O2S. The van der Waals surface area contributed by atoms with E-state index < -0.39 is 0 Å². The zero-order chi connectivity index (χ0) is 18.0. The first-order valence-corrected chi connectivity index (χ1v) is 8.72. The van der Waals surface area contributed by atoms with E-state index in [9.17, 15) is 4.79 Å². The van der Waals surface area contributed by atoms with Gasteiger partial charge in [0.25, 0.3) is 0 Å². The fraction of sp³-hybridized carbons (Fsp3) is 0.263. The van der Waals surface area contributed by atoms with Crippen molar-refractivity contribution >= 4 is 17.7 Å². The van der Waals surface area contributed by atoms with Crippen LogP contribution in [0.2, 0.25) is 0 Å². The van der Waals surface area contributed by atoms with E-state index in [1.54, 1.807) is 12.1 Å². The van der Waals surface area contributed by atoms with E-state index in [2.05, 4.69) is 27.6 Å². The second-order valence-corrected chi connectivity index (χ2v) is 6.69. The largest absolute Gasteiger partial charge is 0.465 e. The van der Waals surface area contributed by atoms with Crippen LogP contribution in [0.25, 0.3) is 22.5 Å². The maximum Gasteiger partial charge on any atom is 0.337 e. The molecule has 0 unspecified atom stereocenters. The zero-order valence-corrected chi connectivity index (χ0v) is 15.4. The molecule has 0 atom stereocenters. The molecule has 2 aromatic heterocycles. The summed E-state index contributed by atoms with van der Waals surface area (Å²) in [5.41, 5.74) is 5.78. The Labute approximate surface area is 151 Å². The number of nitrogens with zero attached hydrogens (tertiary/aromatic N) is 3. The number of benzene rings is 1. The van der Waals surface area contributed by atoms with E-state index in [-0.39, 0.29) is 11.9 Å². The van der Waals surface area contributed by atoms with E-state index in [0.717, 1.165) is 33.8 Å². The number of hydrogen-bond acceptors (Lipinski definition) is 6. The SMILES string of the molecule is COC(=O)c1cc(-c2ccc(C)cn2)cc(-c2nsnc2C(C)C)c1. The molecule has 0 N–H and O–H groups in total. The molecule has 2 heterocycles. The van der Waals surface area contributed by atoms with Gasteiger partial charge in [-0.2, -0.15) is 8.75 Å². The lowest BCUT2D eigenvalue weighted by molar-refractivity contribution is 0.0601. The first-order chi connectivity index (χ1) is 12.0. The van der Waals surface area contributed by atoms with Crippen LogP contribution in [-0.2, 0) is 4.74 Å². The Morgan fingerprint density at radius 1 is 1.12 bits per heavy atom. The summed E-state index contributed by atoms with van der Waals surface area (Å²) >= 11 is 1.18. The van der Waals surface area contributed by atoms with Gasteiger partial charge in [0.1, 0.15) is 5.69 Å². The third-order valence-electron chi connectivity index (χ3n) is 3.90. The number of methoxy groups -OCH3 is 1. The Morgan fingerprint density at radius 2 is 1.88 bits per heavy atom. The second-order valence-electron chi connectivity index (χ2n) is 6.16. The lowest BCUT2D eigenvalue weighted by atomic mass is 9.97. The highest BCUT2D eigenvalue weighted by atomic mass is 32.1. The van der Waals surface area contributed by atoms with Crippen LogP contribution < -0.4 is 0 Å². The van der Waals surface area contributed by atoms with Crippen molar-refractivity contribution in [2.75, 3.05) is 7.11 Å². The van der Waals surface area contributed by atoms with Gasteiger partial charge >= 0.3 is 5.97 Å². The minimum Gasteiger partial charge on any atom is -0.465 e. The standard InChI is InChI=1S/C19H19N3O2S/c1-11(2)17-18(22-25-21-17)14-7-13(8-15(9-14)19(23)24-4)16-6-5-12(3)10-20-16/h5-11H,1-4H3. The number of aromatic nitrogens is 3. The molecular weight excluding hydrogens is 334 g/mol. The maximum atomic E-state index is 12.1. The molecule has 5 nitrogen and oxygen atoms in total. The summed E-state index contributed by atoms with van der Waals surface area (Å²) in [6.07, 6.45) is 1.81. The quantitative estimate of drug-likeness (QED) is 0.647. The fourth-order valence-electron chi connectivity index (χ4n) is 2.56. The van der Waals surface area contributed by atoms with Crippen molar-refractivity contribution in [3.63, 3.8) is 0 Å². The Bertz CT molecular complexity index is 901. The number of carbonyl (C=O) groups excluding carboxylic acids is 1. The molecule has 3 rings (SSSR count). The van der Waals surface area contributed by atoms with E-state index >= 15 is 0 Å². The van der Waals surface area contributed by atoms with Crippen molar-refractivity contribution in [1.29, 1.82) is 0 Å². The van der Waals surface area contributed by atoms with Crippen LogP contribution in [-0.4, -0.2) is 26.8 Å². The second kappa shape index (κ2) is 7.11. The summed E-state index contributed by atoms with van der Waals surface area (Å²) in [6.45, 7) is 6.14. The maximum absolute atomic E-state index is 12.1. The molecule has 0 saturated heterocycles. The molecule has 1 aromatic carbocycles. The molecule has 3 aromatic rings. The molecule has 0 amide bonds. The van der Waals surface area contributed by atoms with Crippen LogP contribution in [0.5, 0.6) is 0 Å². The number of aryl methyl sites for hydroxylation is 1. The van der Waals surface area contributed by atoms with Crippen LogP contribution in [0.3, 0.4) is 0 Å². The Hall–Kier alpha value is -2.60. The van der Waals surface area contributed by atoms with Crippen molar-refractivity contribution in [2.24, 2.45) is 0 Å². The molecule has 0 aliphatic heterocycles. The molecule has 0 saturated carbocycles. The average Bonchev–Trinajstić information content (AvgIpc) is 3.11. The molecule has 0 radical (unpaired) electrons. The molecule has 0 aliphatic rings. The fourth-order valence-corrected chi connectivity index (χ4v) is 3.27. The first-order valence-electron chi connectivity index (χ1n) is 7.99. The normalized spacial score (nSPS) is 10.9. The Kier molecular flexibility index (Phi) is 4.90. The Morgan fingerprint density at radius 3 is 2.52 bits per heavy atom. The number of carbonyl (C=O) groups is 1. The Balaban J connectivity index is 2.18. The van der Waals surface area contributed by atoms with Crippen molar-refractivity contribution in [2.45, 2.75) is 26.7 Å². The molecule has 128 valence electrons. The number of pyridine rings is 1. The lowest BCUT2D eigenvalue weighted by Gasteiger charge is -2.10. The van der Waals surface area contributed by atoms with Crippen molar-refractivity contribution < 1.29 is 9.53 Å². The monoisotopic (exact) mass is 353 g/mol. The van der Waals surface area contributed by atoms with Gasteiger partial charge in [-0.25, -0.2) is 4.79 Å². The summed E-state index contributed by atoms with van der Waals surface area (Å²) in [7, 11) is 1.38. The smallest absolute Gasteiger partial charge is 0.337 e. The highest BCUT2D eigenvalue weighted by Gasteiger charge is 2.18.